The van der Waals surface area contributed by atoms with Gasteiger partial charge < -0.3 is 9.64 Å². The largest absolute Gasteiger partial charge is 0.481 e. The van der Waals surface area contributed by atoms with Crippen molar-refractivity contribution in [3.05, 3.63) is 59.1 Å². The van der Waals surface area contributed by atoms with Gasteiger partial charge in [-0.3, -0.25) is 4.79 Å². The quantitative estimate of drug-likeness (QED) is 0.828. The van der Waals surface area contributed by atoms with E-state index in [0.717, 1.165) is 12.1 Å². The summed E-state index contributed by atoms with van der Waals surface area (Å²) in [7, 11) is 0. The minimum absolute atomic E-state index is 0.00456. The van der Waals surface area contributed by atoms with E-state index in [2.05, 4.69) is 13.0 Å². The normalized spacial score (nSPS) is 17.7. The Labute approximate surface area is 141 Å². The summed E-state index contributed by atoms with van der Waals surface area (Å²) in [6.07, 6.45) is 0.980. The Morgan fingerprint density at radius 1 is 1.30 bits per heavy atom. The van der Waals surface area contributed by atoms with E-state index in [9.17, 15) is 4.79 Å². The van der Waals surface area contributed by atoms with Crippen LogP contribution in [0.25, 0.3) is 0 Å². The molecular formula is C19H20ClNO2. The number of carbonyl (C=O) groups excluding carboxylic acids is 1. The molecule has 1 amide bonds. The highest BCUT2D eigenvalue weighted by atomic mass is 35.5. The van der Waals surface area contributed by atoms with E-state index >= 15 is 0 Å². The number of ether oxygens (including phenoxy) is 1. The third kappa shape index (κ3) is 3.20. The maximum absolute atomic E-state index is 13.0. The first-order valence-electron chi connectivity index (χ1n) is 7.93. The van der Waals surface area contributed by atoms with Crippen LogP contribution >= 0.6 is 11.6 Å². The second-order valence-electron chi connectivity index (χ2n) is 5.86. The fourth-order valence-corrected chi connectivity index (χ4v) is 3.25. The third-order valence-electron chi connectivity index (χ3n) is 4.17. The number of anilines is 1. The zero-order valence-corrected chi connectivity index (χ0v) is 14.1. The van der Waals surface area contributed by atoms with Crippen LogP contribution in [0.2, 0.25) is 5.02 Å². The molecule has 2 atom stereocenters. The van der Waals surface area contributed by atoms with Gasteiger partial charge in [0.05, 0.1) is 0 Å². The summed E-state index contributed by atoms with van der Waals surface area (Å²) < 4.78 is 5.91. The van der Waals surface area contributed by atoms with Gasteiger partial charge in [0.1, 0.15) is 5.75 Å². The molecule has 4 heteroatoms. The Balaban J connectivity index is 1.83. The summed E-state index contributed by atoms with van der Waals surface area (Å²) in [4.78, 5) is 14.9. The highest BCUT2D eigenvalue weighted by molar-refractivity contribution is 6.30. The predicted octanol–water partition coefficient (Wildman–Crippen LogP) is 4.48. The van der Waals surface area contributed by atoms with Gasteiger partial charge >= 0.3 is 0 Å². The van der Waals surface area contributed by atoms with Gasteiger partial charge in [0.15, 0.2) is 6.10 Å². The summed E-state index contributed by atoms with van der Waals surface area (Å²) in [5.41, 5.74) is 2.21. The molecule has 3 nitrogen and oxygen atoms in total. The zero-order chi connectivity index (χ0) is 16.4. The summed E-state index contributed by atoms with van der Waals surface area (Å²) in [6.45, 7) is 4.03. The predicted molar refractivity (Wildman–Crippen MR) is 93.3 cm³/mol. The highest BCUT2D eigenvalue weighted by Crippen LogP contribution is 2.33. The lowest BCUT2D eigenvalue weighted by molar-refractivity contribution is -0.125. The molecule has 0 radical (unpaired) electrons. The SMILES string of the molecule is CC[C@@H](Oc1cccc(Cl)c1)C(=O)N1c2ccccc2C[C@H]1C. The lowest BCUT2D eigenvalue weighted by Gasteiger charge is -2.27. The van der Waals surface area contributed by atoms with Crippen LogP contribution in [0.3, 0.4) is 0 Å². The van der Waals surface area contributed by atoms with Crippen LogP contribution in [0.5, 0.6) is 5.75 Å². The molecule has 23 heavy (non-hydrogen) atoms. The van der Waals surface area contributed by atoms with Gasteiger partial charge in [-0.1, -0.05) is 42.8 Å². The number of rotatable bonds is 4. The van der Waals surface area contributed by atoms with Crippen LogP contribution in [0.15, 0.2) is 48.5 Å². The van der Waals surface area contributed by atoms with Crippen molar-refractivity contribution < 1.29 is 9.53 Å². The van der Waals surface area contributed by atoms with E-state index in [-0.39, 0.29) is 11.9 Å². The summed E-state index contributed by atoms with van der Waals surface area (Å²) >= 11 is 5.99. The molecule has 0 spiro atoms. The molecule has 2 aromatic rings. The van der Waals surface area contributed by atoms with E-state index in [1.807, 2.05) is 42.2 Å². The van der Waals surface area contributed by atoms with Crippen molar-refractivity contribution in [2.75, 3.05) is 4.90 Å². The standard InChI is InChI=1S/C19H20ClNO2/c1-3-18(23-16-9-6-8-15(20)12-16)19(22)21-13(2)11-14-7-4-5-10-17(14)21/h4-10,12-13,18H,3,11H2,1-2H3/t13-,18-/m1/s1. The maximum atomic E-state index is 13.0. The van der Waals surface area contributed by atoms with Crippen molar-refractivity contribution in [1.29, 1.82) is 0 Å². The van der Waals surface area contributed by atoms with Crippen LogP contribution in [-0.4, -0.2) is 18.1 Å². The molecule has 0 unspecified atom stereocenters. The molecule has 0 saturated heterocycles. The third-order valence-corrected chi connectivity index (χ3v) is 4.40. The molecule has 0 aliphatic carbocycles. The molecule has 3 rings (SSSR count). The molecule has 2 aromatic carbocycles. The Hall–Kier alpha value is -2.00. The van der Waals surface area contributed by atoms with Gasteiger partial charge in [-0.2, -0.15) is 0 Å². The van der Waals surface area contributed by atoms with Gasteiger partial charge in [-0.15, -0.1) is 0 Å². The molecule has 1 aliphatic rings. The Bertz CT molecular complexity index is 716. The monoisotopic (exact) mass is 329 g/mol. The van der Waals surface area contributed by atoms with Gasteiger partial charge in [-0.05, 0) is 49.6 Å². The van der Waals surface area contributed by atoms with Crippen molar-refractivity contribution in [3.8, 4) is 5.75 Å². The summed E-state index contributed by atoms with van der Waals surface area (Å²) in [6, 6.07) is 15.4. The number of para-hydroxylation sites is 1. The second-order valence-corrected chi connectivity index (χ2v) is 6.30. The lowest BCUT2D eigenvalue weighted by Crippen LogP contribution is -2.44. The van der Waals surface area contributed by atoms with E-state index < -0.39 is 6.10 Å². The van der Waals surface area contributed by atoms with Crippen LogP contribution in [0.1, 0.15) is 25.8 Å². The highest BCUT2D eigenvalue weighted by Gasteiger charge is 2.34. The molecule has 120 valence electrons. The molecule has 0 N–H and O–H groups in total. The van der Waals surface area contributed by atoms with Crippen molar-refractivity contribution in [2.45, 2.75) is 38.8 Å². The Morgan fingerprint density at radius 3 is 2.83 bits per heavy atom. The zero-order valence-electron chi connectivity index (χ0n) is 13.3. The molecule has 0 aromatic heterocycles. The van der Waals surface area contributed by atoms with E-state index in [4.69, 9.17) is 16.3 Å². The van der Waals surface area contributed by atoms with Crippen molar-refractivity contribution in [1.82, 2.24) is 0 Å². The number of amides is 1. The molecular weight excluding hydrogens is 310 g/mol. The number of fused-ring (bicyclic) bond motifs is 1. The first-order chi connectivity index (χ1) is 11.1. The van der Waals surface area contributed by atoms with Crippen LogP contribution in [0, 0.1) is 0 Å². The van der Waals surface area contributed by atoms with Crippen LogP contribution in [-0.2, 0) is 11.2 Å². The van der Waals surface area contributed by atoms with Crippen molar-refractivity contribution >= 4 is 23.2 Å². The van der Waals surface area contributed by atoms with Gasteiger partial charge in [0.25, 0.3) is 5.91 Å². The average molecular weight is 330 g/mol. The van der Waals surface area contributed by atoms with E-state index in [1.54, 1.807) is 12.1 Å². The summed E-state index contributed by atoms with van der Waals surface area (Å²) in [5, 5.41) is 0.602. The minimum Gasteiger partial charge on any atom is -0.481 e. The fourth-order valence-electron chi connectivity index (χ4n) is 3.07. The van der Waals surface area contributed by atoms with Crippen molar-refractivity contribution in [3.63, 3.8) is 0 Å². The first kappa shape index (κ1) is 15.9. The Morgan fingerprint density at radius 2 is 2.09 bits per heavy atom. The topological polar surface area (TPSA) is 29.5 Å². The fraction of sp³-hybridized carbons (Fsp3) is 0.316. The van der Waals surface area contributed by atoms with Gasteiger partial charge in [0, 0.05) is 16.8 Å². The number of halogens is 1. The maximum Gasteiger partial charge on any atom is 0.268 e. The molecule has 0 saturated carbocycles. The second kappa shape index (κ2) is 6.63. The van der Waals surface area contributed by atoms with Gasteiger partial charge in [0.2, 0.25) is 0 Å². The Kier molecular flexibility index (Phi) is 4.58. The number of hydrogen-bond donors (Lipinski definition) is 0. The number of benzene rings is 2. The molecule has 1 heterocycles. The van der Waals surface area contributed by atoms with Crippen LogP contribution in [0.4, 0.5) is 5.69 Å². The average Bonchev–Trinajstić information content (AvgIpc) is 2.87. The smallest absolute Gasteiger partial charge is 0.268 e. The number of hydrogen-bond acceptors (Lipinski definition) is 2. The van der Waals surface area contributed by atoms with E-state index in [0.29, 0.717) is 17.2 Å². The number of nitrogens with zero attached hydrogens (tertiary/aromatic N) is 1. The van der Waals surface area contributed by atoms with Crippen molar-refractivity contribution in [2.24, 2.45) is 0 Å². The minimum atomic E-state index is -0.512. The molecule has 0 fully saturated rings. The molecule has 1 aliphatic heterocycles. The van der Waals surface area contributed by atoms with Crippen LogP contribution < -0.4 is 9.64 Å². The summed E-state index contributed by atoms with van der Waals surface area (Å²) in [5.74, 6) is 0.628. The number of carbonyl (C=O) groups is 1. The lowest BCUT2D eigenvalue weighted by atomic mass is 10.1. The van der Waals surface area contributed by atoms with E-state index in [1.165, 1.54) is 5.56 Å². The molecule has 0 bridgehead atoms. The van der Waals surface area contributed by atoms with Gasteiger partial charge in [-0.25, -0.2) is 0 Å². The first-order valence-corrected chi connectivity index (χ1v) is 8.31.